The molecule has 0 N–H and O–H groups in total. The van der Waals surface area contributed by atoms with Crippen LogP contribution in [0.15, 0.2) is 30.3 Å². The van der Waals surface area contributed by atoms with E-state index in [0.29, 0.717) is 11.7 Å². The highest BCUT2D eigenvalue weighted by molar-refractivity contribution is 5.87. The molecule has 0 saturated heterocycles. The van der Waals surface area contributed by atoms with Gasteiger partial charge < -0.3 is 0 Å². The molecule has 1 atom stereocenters. The summed E-state index contributed by atoms with van der Waals surface area (Å²) in [6, 6.07) is 10.2. The van der Waals surface area contributed by atoms with E-state index in [0.717, 1.165) is 18.4 Å². The van der Waals surface area contributed by atoms with Gasteiger partial charge in [0.05, 0.1) is 0 Å². The van der Waals surface area contributed by atoms with E-state index in [1.54, 1.807) is 0 Å². The summed E-state index contributed by atoms with van der Waals surface area (Å²) in [5.41, 5.74) is 1.16. The Labute approximate surface area is 97.9 Å². The van der Waals surface area contributed by atoms with Crippen LogP contribution in [0.1, 0.15) is 50.5 Å². The van der Waals surface area contributed by atoms with Crippen molar-refractivity contribution in [3.8, 4) is 0 Å². The van der Waals surface area contributed by atoms with Gasteiger partial charge in [0.15, 0.2) is 0 Å². The van der Waals surface area contributed by atoms with Gasteiger partial charge in [0.25, 0.3) is 0 Å². The van der Waals surface area contributed by atoms with Gasteiger partial charge in [0.2, 0.25) is 0 Å². The molecule has 2 rings (SSSR count). The van der Waals surface area contributed by atoms with Crippen molar-refractivity contribution in [3.05, 3.63) is 35.9 Å². The molecule has 0 amide bonds. The number of benzene rings is 1. The molecule has 1 aromatic carbocycles. The lowest BCUT2D eigenvalue weighted by Gasteiger charge is -2.23. The van der Waals surface area contributed by atoms with Crippen molar-refractivity contribution in [2.24, 2.45) is 5.92 Å². The van der Waals surface area contributed by atoms with Crippen LogP contribution < -0.4 is 0 Å². The summed E-state index contributed by atoms with van der Waals surface area (Å²) in [7, 11) is 0. The quantitative estimate of drug-likeness (QED) is 0.748. The first-order chi connectivity index (χ1) is 7.79. The van der Waals surface area contributed by atoms with E-state index in [1.807, 2.05) is 25.1 Å². The first-order valence-corrected chi connectivity index (χ1v) is 6.37. The molecule has 0 spiro atoms. The van der Waals surface area contributed by atoms with Crippen LogP contribution in [0.25, 0.3) is 0 Å². The fourth-order valence-electron chi connectivity index (χ4n) is 2.65. The standard InChI is InChI=1S/C15H20O/c1-12(13-8-4-2-5-9-13)15(16)14-10-6-3-7-11-14/h2,4-5,8-9,12,14H,3,6-7,10-11H2,1H3. The van der Waals surface area contributed by atoms with Gasteiger partial charge in [-0.1, -0.05) is 56.5 Å². The highest BCUT2D eigenvalue weighted by Gasteiger charge is 2.25. The van der Waals surface area contributed by atoms with Gasteiger partial charge in [-0.2, -0.15) is 0 Å². The van der Waals surface area contributed by atoms with E-state index in [9.17, 15) is 4.79 Å². The summed E-state index contributed by atoms with van der Waals surface area (Å²) in [6.07, 6.45) is 5.99. The first kappa shape index (κ1) is 11.4. The minimum atomic E-state index is 0.0734. The highest BCUT2D eigenvalue weighted by Crippen LogP contribution is 2.29. The number of rotatable bonds is 3. The molecule has 1 nitrogen and oxygen atoms in total. The van der Waals surface area contributed by atoms with Crippen molar-refractivity contribution in [1.82, 2.24) is 0 Å². The van der Waals surface area contributed by atoms with E-state index in [4.69, 9.17) is 0 Å². The van der Waals surface area contributed by atoms with Crippen LogP contribution in [0.5, 0.6) is 0 Å². The lowest BCUT2D eigenvalue weighted by atomic mass is 9.80. The molecule has 1 aliphatic rings. The average Bonchev–Trinajstić information content (AvgIpc) is 2.39. The summed E-state index contributed by atoms with van der Waals surface area (Å²) in [5.74, 6) is 0.846. The Bertz CT molecular complexity index is 336. The lowest BCUT2D eigenvalue weighted by molar-refractivity contribution is -0.124. The molecule has 1 heteroatoms. The van der Waals surface area contributed by atoms with Gasteiger partial charge in [-0.15, -0.1) is 0 Å². The van der Waals surface area contributed by atoms with Crippen LogP contribution in [0, 0.1) is 5.92 Å². The third-order valence-corrected chi connectivity index (χ3v) is 3.73. The predicted molar refractivity (Wildman–Crippen MR) is 66.4 cm³/mol. The number of hydrogen-bond acceptors (Lipinski definition) is 1. The number of ketones is 1. The van der Waals surface area contributed by atoms with Crippen molar-refractivity contribution >= 4 is 5.78 Å². The van der Waals surface area contributed by atoms with E-state index in [1.165, 1.54) is 19.3 Å². The lowest BCUT2D eigenvalue weighted by Crippen LogP contribution is -2.22. The molecule has 1 aliphatic carbocycles. The Morgan fingerprint density at radius 1 is 1.12 bits per heavy atom. The maximum absolute atomic E-state index is 12.3. The van der Waals surface area contributed by atoms with Gasteiger partial charge in [-0.3, -0.25) is 4.79 Å². The van der Waals surface area contributed by atoms with E-state index >= 15 is 0 Å². The first-order valence-electron chi connectivity index (χ1n) is 6.37. The highest BCUT2D eigenvalue weighted by atomic mass is 16.1. The largest absolute Gasteiger partial charge is 0.299 e. The molecule has 1 saturated carbocycles. The third-order valence-electron chi connectivity index (χ3n) is 3.73. The minimum Gasteiger partial charge on any atom is -0.299 e. The summed E-state index contributed by atoms with van der Waals surface area (Å²) in [5, 5.41) is 0. The summed E-state index contributed by atoms with van der Waals surface area (Å²) < 4.78 is 0. The summed E-state index contributed by atoms with van der Waals surface area (Å²) in [6.45, 7) is 2.05. The van der Waals surface area contributed by atoms with Crippen molar-refractivity contribution in [3.63, 3.8) is 0 Å². The molecule has 0 heterocycles. The summed E-state index contributed by atoms with van der Waals surface area (Å²) >= 11 is 0. The summed E-state index contributed by atoms with van der Waals surface area (Å²) in [4.78, 5) is 12.3. The van der Waals surface area contributed by atoms with E-state index in [2.05, 4.69) is 12.1 Å². The maximum atomic E-state index is 12.3. The normalized spacial score (nSPS) is 19.3. The molecule has 0 aliphatic heterocycles. The number of carbonyl (C=O) groups is 1. The van der Waals surface area contributed by atoms with Crippen LogP contribution in [-0.4, -0.2) is 5.78 Å². The molecular weight excluding hydrogens is 196 g/mol. The van der Waals surface area contributed by atoms with Crippen LogP contribution in [-0.2, 0) is 4.79 Å². The number of hydrogen-bond donors (Lipinski definition) is 0. The molecular formula is C15H20O. The second-order valence-corrected chi connectivity index (χ2v) is 4.87. The molecule has 1 aromatic rings. The zero-order valence-electron chi connectivity index (χ0n) is 9.99. The Morgan fingerprint density at radius 2 is 1.75 bits per heavy atom. The maximum Gasteiger partial charge on any atom is 0.143 e. The van der Waals surface area contributed by atoms with Gasteiger partial charge in [0.1, 0.15) is 5.78 Å². The van der Waals surface area contributed by atoms with Crippen LogP contribution in [0.4, 0.5) is 0 Å². The Kier molecular flexibility index (Phi) is 3.76. The predicted octanol–water partition coefficient (Wildman–Crippen LogP) is 3.94. The van der Waals surface area contributed by atoms with Gasteiger partial charge in [-0.25, -0.2) is 0 Å². The monoisotopic (exact) mass is 216 g/mol. The molecule has 1 unspecified atom stereocenters. The van der Waals surface area contributed by atoms with Gasteiger partial charge in [0, 0.05) is 11.8 Å². The molecule has 1 fully saturated rings. The minimum absolute atomic E-state index is 0.0734. The van der Waals surface area contributed by atoms with Crippen molar-refractivity contribution in [2.45, 2.75) is 44.9 Å². The van der Waals surface area contributed by atoms with Crippen LogP contribution in [0.3, 0.4) is 0 Å². The van der Waals surface area contributed by atoms with Crippen LogP contribution >= 0.6 is 0 Å². The number of Topliss-reactive ketones (excluding diaryl/α,β-unsaturated/α-hetero) is 1. The molecule has 86 valence electrons. The average molecular weight is 216 g/mol. The fourth-order valence-corrected chi connectivity index (χ4v) is 2.65. The number of carbonyl (C=O) groups excluding carboxylic acids is 1. The SMILES string of the molecule is CC(C(=O)C1CCCCC1)c1ccccc1. The molecule has 0 aromatic heterocycles. The van der Waals surface area contributed by atoms with Gasteiger partial charge >= 0.3 is 0 Å². The third kappa shape index (κ3) is 2.52. The van der Waals surface area contributed by atoms with Crippen molar-refractivity contribution in [2.75, 3.05) is 0 Å². The zero-order chi connectivity index (χ0) is 11.4. The van der Waals surface area contributed by atoms with E-state index in [-0.39, 0.29) is 5.92 Å². The van der Waals surface area contributed by atoms with E-state index < -0.39 is 0 Å². The van der Waals surface area contributed by atoms with Crippen LogP contribution in [0.2, 0.25) is 0 Å². The molecule has 0 bridgehead atoms. The smallest absolute Gasteiger partial charge is 0.143 e. The Morgan fingerprint density at radius 3 is 2.38 bits per heavy atom. The molecule has 0 radical (unpaired) electrons. The Balaban J connectivity index is 2.04. The second-order valence-electron chi connectivity index (χ2n) is 4.87. The van der Waals surface area contributed by atoms with Crippen molar-refractivity contribution < 1.29 is 4.79 Å². The topological polar surface area (TPSA) is 17.1 Å². The zero-order valence-corrected chi connectivity index (χ0v) is 9.99. The van der Waals surface area contributed by atoms with Crippen molar-refractivity contribution in [1.29, 1.82) is 0 Å². The van der Waals surface area contributed by atoms with Gasteiger partial charge in [-0.05, 0) is 18.4 Å². The molecule has 16 heavy (non-hydrogen) atoms. The Hall–Kier alpha value is -1.11. The second kappa shape index (κ2) is 5.29. The fraction of sp³-hybridized carbons (Fsp3) is 0.533.